The van der Waals surface area contributed by atoms with Crippen molar-refractivity contribution in [3.8, 4) is 0 Å². The summed E-state index contributed by atoms with van der Waals surface area (Å²) in [5, 5.41) is 14.8. The number of amidine groups is 1. The molecule has 0 aliphatic rings. The fourth-order valence-corrected chi connectivity index (χ4v) is 2.61. The Bertz CT molecular complexity index is 585. The van der Waals surface area contributed by atoms with Crippen LogP contribution in [0.1, 0.15) is 16.1 Å². The van der Waals surface area contributed by atoms with E-state index in [1.54, 1.807) is 23.6 Å². The molecular formula is C12H13ClN4OS. The maximum Gasteiger partial charge on any atom is 0.188 e. The van der Waals surface area contributed by atoms with E-state index in [9.17, 15) is 0 Å². The number of rotatable bonds is 5. The van der Waals surface area contributed by atoms with Crippen LogP contribution in [0.4, 0.5) is 0 Å². The highest BCUT2D eigenvalue weighted by Gasteiger charge is 2.03. The third-order valence-electron chi connectivity index (χ3n) is 2.45. The third kappa shape index (κ3) is 3.92. The fourth-order valence-electron chi connectivity index (χ4n) is 1.55. The summed E-state index contributed by atoms with van der Waals surface area (Å²) in [5.74, 6) is 0.00638. The predicted octanol–water partition coefficient (Wildman–Crippen LogP) is 2.18. The van der Waals surface area contributed by atoms with Crippen LogP contribution in [-0.4, -0.2) is 16.0 Å². The van der Waals surface area contributed by atoms with Crippen LogP contribution < -0.4 is 11.1 Å². The molecule has 0 radical (unpaired) electrons. The Kier molecular flexibility index (Phi) is 4.73. The number of hydrogen-bond acceptors (Lipinski definition) is 5. The molecule has 2 heterocycles. The van der Waals surface area contributed by atoms with E-state index in [0.717, 1.165) is 16.4 Å². The summed E-state index contributed by atoms with van der Waals surface area (Å²) in [6, 6.07) is 7.53. The molecule has 0 saturated carbocycles. The number of thiophene rings is 1. The standard InChI is InChI=1S/C12H13ClN4OS/c13-11-2-1-9(19-11)7-15-6-8-3-4-16-10(5-8)12(14)17-18/h1-5,15,18H,6-7H2,(H2,14,17). The topological polar surface area (TPSA) is 83.5 Å². The van der Waals surface area contributed by atoms with Crippen LogP contribution >= 0.6 is 22.9 Å². The monoisotopic (exact) mass is 296 g/mol. The van der Waals surface area contributed by atoms with Gasteiger partial charge in [-0.05, 0) is 29.8 Å². The summed E-state index contributed by atoms with van der Waals surface area (Å²) in [4.78, 5) is 5.20. The lowest BCUT2D eigenvalue weighted by Gasteiger charge is -2.05. The third-order valence-corrected chi connectivity index (χ3v) is 3.68. The second-order valence-electron chi connectivity index (χ2n) is 3.84. The number of nitrogens with zero attached hydrogens (tertiary/aromatic N) is 2. The summed E-state index contributed by atoms with van der Waals surface area (Å²) in [7, 11) is 0. The minimum Gasteiger partial charge on any atom is -0.409 e. The van der Waals surface area contributed by atoms with E-state index >= 15 is 0 Å². The molecule has 0 aliphatic carbocycles. The van der Waals surface area contributed by atoms with E-state index in [4.69, 9.17) is 22.5 Å². The first-order valence-electron chi connectivity index (χ1n) is 5.57. The number of halogens is 1. The Morgan fingerprint density at radius 1 is 1.42 bits per heavy atom. The highest BCUT2D eigenvalue weighted by Crippen LogP contribution is 2.21. The molecule has 2 rings (SSSR count). The van der Waals surface area contributed by atoms with Gasteiger partial charge in [0.15, 0.2) is 5.84 Å². The van der Waals surface area contributed by atoms with Gasteiger partial charge in [0.05, 0.1) is 4.34 Å². The van der Waals surface area contributed by atoms with Crippen LogP contribution in [0.15, 0.2) is 35.6 Å². The SMILES string of the molecule is NC(=NO)c1cc(CNCc2ccc(Cl)s2)ccn1. The van der Waals surface area contributed by atoms with E-state index < -0.39 is 0 Å². The van der Waals surface area contributed by atoms with Gasteiger partial charge >= 0.3 is 0 Å². The van der Waals surface area contributed by atoms with Crippen molar-refractivity contribution in [2.24, 2.45) is 10.9 Å². The molecule has 2 aromatic rings. The van der Waals surface area contributed by atoms with Crippen LogP contribution in [0, 0.1) is 0 Å². The predicted molar refractivity (Wildman–Crippen MR) is 76.6 cm³/mol. The maximum atomic E-state index is 8.60. The van der Waals surface area contributed by atoms with E-state index in [1.165, 1.54) is 4.88 Å². The first-order valence-corrected chi connectivity index (χ1v) is 6.76. The zero-order chi connectivity index (χ0) is 13.7. The molecule has 19 heavy (non-hydrogen) atoms. The molecule has 0 unspecified atom stereocenters. The molecule has 0 aliphatic heterocycles. The van der Waals surface area contributed by atoms with E-state index in [2.05, 4.69) is 15.5 Å². The van der Waals surface area contributed by atoms with Crippen molar-refractivity contribution in [3.63, 3.8) is 0 Å². The van der Waals surface area contributed by atoms with Gasteiger partial charge in [0.25, 0.3) is 0 Å². The number of pyridine rings is 1. The molecule has 4 N–H and O–H groups in total. The fraction of sp³-hybridized carbons (Fsp3) is 0.167. The average molecular weight is 297 g/mol. The first kappa shape index (κ1) is 13.8. The lowest BCUT2D eigenvalue weighted by Crippen LogP contribution is -2.17. The van der Waals surface area contributed by atoms with Crippen molar-refractivity contribution in [2.75, 3.05) is 0 Å². The number of aromatic nitrogens is 1. The lowest BCUT2D eigenvalue weighted by molar-refractivity contribution is 0.318. The average Bonchev–Trinajstić information content (AvgIpc) is 2.84. The summed E-state index contributed by atoms with van der Waals surface area (Å²) >= 11 is 7.41. The van der Waals surface area contributed by atoms with Gasteiger partial charge in [-0.15, -0.1) is 11.3 Å². The molecular weight excluding hydrogens is 284 g/mol. The smallest absolute Gasteiger partial charge is 0.188 e. The van der Waals surface area contributed by atoms with Crippen LogP contribution in [0.3, 0.4) is 0 Å². The van der Waals surface area contributed by atoms with Gasteiger partial charge < -0.3 is 16.3 Å². The highest BCUT2D eigenvalue weighted by atomic mass is 35.5. The van der Waals surface area contributed by atoms with Crippen molar-refractivity contribution in [3.05, 3.63) is 50.9 Å². The Morgan fingerprint density at radius 2 is 2.26 bits per heavy atom. The van der Waals surface area contributed by atoms with Crippen LogP contribution in [0.25, 0.3) is 0 Å². The van der Waals surface area contributed by atoms with Crippen LogP contribution in [0.5, 0.6) is 0 Å². The largest absolute Gasteiger partial charge is 0.409 e. The zero-order valence-electron chi connectivity index (χ0n) is 10.0. The van der Waals surface area contributed by atoms with E-state index in [1.807, 2.05) is 18.2 Å². The molecule has 0 saturated heterocycles. The molecule has 0 bridgehead atoms. The van der Waals surface area contributed by atoms with Gasteiger partial charge in [0.1, 0.15) is 5.69 Å². The van der Waals surface area contributed by atoms with Gasteiger partial charge in [0, 0.05) is 24.2 Å². The lowest BCUT2D eigenvalue weighted by atomic mass is 10.2. The Hall–Kier alpha value is -1.63. The van der Waals surface area contributed by atoms with E-state index in [0.29, 0.717) is 12.2 Å². The van der Waals surface area contributed by atoms with Crippen molar-refractivity contribution >= 4 is 28.8 Å². The number of hydrogen-bond donors (Lipinski definition) is 3. The van der Waals surface area contributed by atoms with Gasteiger partial charge in [-0.1, -0.05) is 16.8 Å². The zero-order valence-corrected chi connectivity index (χ0v) is 11.6. The first-order chi connectivity index (χ1) is 9.19. The minimum atomic E-state index is 0.00638. The number of nitrogens with one attached hydrogen (secondary N) is 1. The molecule has 2 aromatic heterocycles. The number of nitrogens with two attached hydrogens (primary N) is 1. The van der Waals surface area contributed by atoms with Gasteiger partial charge in [-0.3, -0.25) is 4.98 Å². The highest BCUT2D eigenvalue weighted by molar-refractivity contribution is 7.16. The number of oxime groups is 1. The second-order valence-corrected chi connectivity index (χ2v) is 5.64. The molecule has 5 nitrogen and oxygen atoms in total. The summed E-state index contributed by atoms with van der Waals surface area (Å²) in [6.07, 6.45) is 1.63. The Balaban J connectivity index is 1.92. The molecule has 0 amide bonds. The minimum absolute atomic E-state index is 0.00638. The molecule has 0 spiro atoms. The Morgan fingerprint density at radius 3 is 2.95 bits per heavy atom. The molecule has 0 aromatic carbocycles. The van der Waals surface area contributed by atoms with Crippen LogP contribution in [-0.2, 0) is 13.1 Å². The van der Waals surface area contributed by atoms with Crippen molar-refractivity contribution < 1.29 is 5.21 Å². The molecule has 0 atom stereocenters. The summed E-state index contributed by atoms with van der Waals surface area (Å²) in [5.41, 5.74) is 6.96. The molecule has 7 heteroatoms. The molecule has 100 valence electrons. The van der Waals surface area contributed by atoms with Crippen LogP contribution in [0.2, 0.25) is 4.34 Å². The summed E-state index contributed by atoms with van der Waals surface area (Å²) < 4.78 is 0.787. The molecule has 0 fully saturated rings. The van der Waals surface area contributed by atoms with Gasteiger partial charge in [0.2, 0.25) is 0 Å². The maximum absolute atomic E-state index is 8.60. The quantitative estimate of drug-likeness (QED) is 0.342. The normalized spacial score (nSPS) is 11.7. The van der Waals surface area contributed by atoms with E-state index in [-0.39, 0.29) is 5.84 Å². The second kappa shape index (κ2) is 6.51. The van der Waals surface area contributed by atoms with Gasteiger partial charge in [-0.2, -0.15) is 0 Å². The van der Waals surface area contributed by atoms with Crippen molar-refractivity contribution in [1.29, 1.82) is 0 Å². The summed E-state index contributed by atoms with van der Waals surface area (Å²) in [6.45, 7) is 1.42. The Labute approximate surface area is 119 Å². The van der Waals surface area contributed by atoms with Gasteiger partial charge in [-0.25, -0.2) is 0 Å². The van der Waals surface area contributed by atoms with Crippen molar-refractivity contribution in [2.45, 2.75) is 13.1 Å². The van der Waals surface area contributed by atoms with Crippen molar-refractivity contribution in [1.82, 2.24) is 10.3 Å².